The Balaban J connectivity index is 1.55. The van der Waals surface area contributed by atoms with E-state index in [1.165, 1.54) is 43.2 Å². The molecule has 2 bridgehead atoms. The van der Waals surface area contributed by atoms with Crippen molar-refractivity contribution in [2.24, 2.45) is 5.92 Å². The van der Waals surface area contributed by atoms with E-state index >= 15 is 0 Å². The van der Waals surface area contributed by atoms with Crippen molar-refractivity contribution in [3.8, 4) is 5.75 Å². The van der Waals surface area contributed by atoms with Gasteiger partial charge in [0, 0.05) is 21.6 Å². The highest BCUT2D eigenvalue weighted by atomic mass is 79.9. The van der Waals surface area contributed by atoms with Gasteiger partial charge in [0.15, 0.2) is 0 Å². The van der Waals surface area contributed by atoms with E-state index in [0.717, 1.165) is 34.7 Å². The highest BCUT2D eigenvalue weighted by Gasteiger charge is 2.51. The monoisotopic (exact) mass is 412 g/mol. The topological polar surface area (TPSA) is 44.3 Å². The van der Waals surface area contributed by atoms with Crippen LogP contribution >= 0.6 is 15.9 Å². The quantitative estimate of drug-likeness (QED) is 0.590. The standard InChI is InChI=1S/C22H25BrN2O/c23-15-4-6-16(7-5-15)25-20-12-14-11-19-17-3-1-2-8-22(17,9-10-24-19)18(14)13-21(20)26/h4-7,12-13,17,19,24-26H,1-3,8-11H2/t17-,19+,22+/m1/s1. The molecule has 26 heavy (non-hydrogen) atoms. The van der Waals surface area contributed by atoms with Gasteiger partial charge in [-0.1, -0.05) is 28.8 Å². The molecule has 0 unspecified atom stereocenters. The molecule has 3 atom stereocenters. The molecule has 2 fully saturated rings. The number of hydrogen-bond donors (Lipinski definition) is 3. The molecule has 2 aromatic carbocycles. The third-order valence-corrected chi connectivity index (χ3v) is 7.41. The fraction of sp³-hybridized carbons (Fsp3) is 0.455. The predicted molar refractivity (Wildman–Crippen MR) is 109 cm³/mol. The molecule has 0 spiro atoms. The number of rotatable bonds is 2. The van der Waals surface area contributed by atoms with Crippen LogP contribution in [0.4, 0.5) is 11.4 Å². The lowest BCUT2D eigenvalue weighted by atomic mass is 9.53. The van der Waals surface area contributed by atoms with Gasteiger partial charge in [-0.2, -0.15) is 0 Å². The van der Waals surface area contributed by atoms with Crippen molar-refractivity contribution in [3.05, 3.63) is 52.0 Å². The van der Waals surface area contributed by atoms with Crippen LogP contribution in [-0.4, -0.2) is 17.7 Å². The minimum atomic E-state index is 0.287. The summed E-state index contributed by atoms with van der Waals surface area (Å²) in [6, 6.07) is 12.9. The van der Waals surface area contributed by atoms with Crippen LogP contribution in [0.3, 0.4) is 0 Å². The predicted octanol–water partition coefficient (Wildman–Crippen LogP) is 5.24. The summed E-state index contributed by atoms with van der Waals surface area (Å²) in [5, 5.41) is 18.0. The highest BCUT2D eigenvalue weighted by Crippen LogP contribution is 2.55. The van der Waals surface area contributed by atoms with Crippen molar-refractivity contribution in [2.45, 2.75) is 50.0 Å². The number of benzene rings is 2. The van der Waals surface area contributed by atoms with Gasteiger partial charge >= 0.3 is 0 Å². The van der Waals surface area contributed by atoms with Crippen LogP contribution in [0.2, 0.25) is 0 Å². The van der Waals surface area contributed by atoms with Gasteiger partial charge < -0.3 is 15.7 Å². The maximum atomic E-state index is 10.8. The summed E-state index contributed by atoms with van der Waals surface area (Å²) in [5.41, 5.74) is 4.94. The molecule has 4 heteroatoms. The average Bonchev–Trinajstić information content (AvgIpc) is 2.65. The molecule has 3 N–H and O–H groups in total. The Bertz CT molecular complexity index is 831. The largest absolute Gasteiger partial charge is 0.506 e. The molecule has 0 aromatic heterocycles. The van der Waals surface area contributed by atoms with E-state index in [2.05, 4.69) is 38.7 Å². The molecule has 0 radical (unpaired) electrons. The normalized spacial score (nSPS) is 29.6. The summed E-state index contributed by atoms with van der Waals surface area (Å²) in [5.74, 6) is 1.12. The van der Waals surface area contributed by atoms with Crippen molar-refractivity contribution in [1.82, 2.24) is 5.32 Å². The zero-order valence-corrected chi connectivity index (χ0v) is 16.5. The van der Waals surface area contributed by atoms with Crippen LogP contribution in [0.1, 0.15) is 43.2 Å². The van der Waals surface area contributed by atoms with E-state index in [-0.39, 0.29) is 5.41 Å². The zero-order chi connectivity index (χ0) is 17.7. The minimum Gasteiger partial charge on any atom is -0.506 e. The van der Waals surface area contributed by atoms with Crippen LogP contribution in [0.15, 0.2) is 40.9 Å². The first-order chi connectivity index (χ1) is 12.7. The number of halogens is 1. The maximum absolute atomic E-state index is 10.8. The highest BCUT2D eigenvalue weighted by molar-refractivity contribution is 9.10. The molecule has 5 rings (SSSR count). The number of anilines is 2. The second-order valence-electron chi connectivity index (χ2n) is 8.18. The fourth-order valence-electron chi connectivity index (χ4n) is 5.76. The van der Waals surface area contributed by atoms with Crippen molar-refractivity contribution in [1.29, 1.82) is 0 Å². The fourth-order valence-corrected chi connectivity index (χ4v) is 6.03. The molecule has 1 saturated heterocycles. The Morgan fingerprint density at radius 2 is 1.96 bits per heavy atom. The smallest absolute Gasteiger partial charge is 0.139 e. The molecule has 1 saturated carbocycles. The number of piperidine rings is 1. The molecule has 1 aliphatic heterocycles. The van der Waals surface area contributed by atoms with Crippen molar-refractivity contribution in [3.63, 3.8) is 0 Å². The first kappa shape index (κ1) is 16.6. The molecule has 2 aliphatic carbocycles. The zero-order valence-electron chi connectivity index (χ0n) is 14.9. The van der Waals surface area contributed by atoms with Gasteiger partial charge in [0.2, 0.25) is 0 Å². The maximum Gasteiger partial charge on any atom is 0.139 e. The number of phenolic OH excluding ortho intramolecular Hbond substituents is 1. The molecule has 1 heterocycles. The average molecular weight is 413 g/mol. The van der Waals surface area contributed by atoms with Gasteiger partial charge in [0.05, 0.1) is 5.69 Å². The SMILES string of the molecule is Oc1cc2c(cc1Nc1ccc(Br)cc1)C[C@@H]1NCC[C@]23CCCC[C@H]13. The molecule has 2 aromatic rings. The Morgan fingerprint density at radius 3 is 2.81 bits per heavy atom. The lowest BCUT2D eigenvalue weighted by Crippen LogP contribution is -2.59. The van der Waals surface area contributed by atoms with Gasteiger partial charge in [-0.3, -0.25) is 0 Å². The van der Waals surface area contributed by atoms with E-state index in [9.17, 15) is 5.11 Å². The van der Waals surface area contributed by atoms with Gasteiger partial charge in [-0.15, -0.1) is 0 Å². The summed E-state index contributed by atoms with van der Waals surface area (Å²) in [4.78, 5) is 0. The Morgan fingerprint density at radius 1 is 1.12 bits per heavy atom. The van der Waals surface area contributed by atoms with E-state index in [1.807, 2.05) is 24.3 Å². The first-order valence-electron chi connectivity index (χ1n) is 9.78. The summed E-state index contributed by atoms with van der Waals surface area (Å²) in [6.45, 7) is 1.11. The van der Waals surface area contributed by atoms with Crippen LogP contribution in [0.25, 0.3) is 0 Å². The van der Waals surface area contributed by atoms with E-state index < -0.39 is 0 Å². The van der Waals surface area contributed by atoms with Crippen molar-refractivity contribution in [2.75, 3.05) is 11.9 Å². The number of fused-ring (bicyclic) bond motifs is 1. The second-order valence-corrected chi connectivity index (χ2v) is 9.10. The van der Waals surface area contributed by atoms with Gasteiger partial charge in [0.25, 0.3) is 0 Å². The van der Waals surface area contributed by atoms with E-state index in [0.29, 0.717) is 11.8 Å². The lowest BCUT2D eigenvalue weighted by molar-refractivity contribution is 0.0796. The minimum absolute atomic E-state index is 0.287. The summed E-state index contributed by atoms with van der Waals surface area (Å²) >= 11 is 3.47. The van der Waals surface area contributed by atoms with Crippen LogP contribution in [0, 0.1) is 5.92 Å². The molecule has 136 valence electrons. The Hall–Kier alpha value is -1.52. The number of phenols is 1. The molecule has 3 nitrogen and oxygen atoms in total. The third-order valence-electron chi connectivity index (χ3n) is 6.88. The molecule has 0 amide bonds. The summed E-state index contributed by atoms with van der Waals surface area (Å²) in [7, 11) is 0. The second kappa shape index (κ2) is 6.28. The molecular weight excluding hydrogens is 388 g/mol. The summed E-state index contributed by atoms with van der Waals surface area (Å²) in [6.07, 6.45) is 7.58. The van der Waals surface area contributed by atoms with Crippen LogP contribution in [0.5, 0.6) is 5.75 Å². The van der Waals surface area contributed by atoms with Gasteiger partial charge in [0.1, 0.15) is 5.75 Å². The number of nitrogens with one attached hydrogen (secondary N) is 2. The lowest BCUT2D eigenvalue weighted by Gasteiger charge is -2.56. The van der Waals surface area contributed by atoms with Gasteiger partial charge in [-0.05, 0) is 85.7 Å². The van der Waals surface area contributed by atoms with Crippen molar-refractivity contribution >= 4 is 27.3 Å². The van der Waals surface area contributed by atoms with Crippen LogP contribution < -0.4 is 10.6 Å². The summed E-state index contributed by atoms with van der Waals surface area (Å²) < 4.78 is 1.05. The third kappa shape index (κ3) is 2.57. The first-order valence-corrected chi connectivity index (χ1v) is 10.6. The Labute approximate surface area is 163 Å². The number of hydrogen-bond acceptors (Lipinski definition) is 3. The van der Waals surface area contributed by atoms with E-state index in [1.54, 1.807) is 0 Å². The number of aromatic hydroxyl groups is 1. The Kier molecular flexibility index (Phi) is 4.02. The van der Waals surface area contributed by atoms with E-state index in [4.69, 9.17) is 0 Å². The molecular formula is C22H25BrN2O. The van der Waals surface area contributed by atoms with Crippen molar-refractivity contribution < 1.29 is 5.11 Å². The van der Waals surface area contributed by atoms with Gasteiger partial charge in [-0.25, -0.2) is 0 Å². The molecule has 3 aliphatic rings. The van der Waals surface area contributed by atoms with Crippen LogP contribution in [-0.2, 0) is 11.8 Å².